The average Bonchev–Trinajstić information content (AvgIpc) is 2.75. The minimum atomic E-state index is -2.16. The molecule has 0 aliphatic heterocycles. The Morgan fingerprint density at radius 2 is 1.11 bits per heavy atom. The molecular formula is C24H27O2P. The fourth-order valence-electron chi connectivity index (χ4n) is 3.86. The molecule has 0 spiro atoms. The van der Waals surface area contributed by atoms with Gasteiger partial charge in [0.2, 0.25) is 0 Å². The van der Waals surface area contributed by atoms with Gasteiger partial charge in [-0.1, -0.05) is 0 Å². The zero-order chi connectivity index (χ0) is 19.0. The molecule has 0 saturated carbocycles. The second kappa shape index (κ2) is 9.48. The fourth-order valence-corrected chi connectivity index (χ4v) is 8.79. The third-order valence-electron chi connectivity index (χ3n) is 5.21. The number of rotatable bonds is 8. The van der Waals surface area contributed by atoms with E-state index >= 15 is 0 Å². The Labute approximate surface area is 162 Å². The van der Waals surface area contributed by atoms with E-state index in [1.165, 1.54) is 23.0 Å². The molecule has 0 heterocycles. The van der Waals surface area contributed by atoms with E-state index in [0.717, 1.165) is 19.0 Å². The second-order valence-electron chi connectivity index (χ2n) is 6.79. The van der Waals surface area contributed by atoms with Gasteiger partial charge in [-0.3, -0.25) is 0 Å². The molecule has 140 valence electrons. The van der Waals surface area contributed by atoms with Crippen molar-refractivity contribution in [1.82, 2.24) is 0 Å². The normalized spacial score (nSPS) is 11.7. The summed E-state index contributed by atoms with van der Waals surface area (Å²) < 4.78 is 4.81. The standard InChI is InChI=1S/C24H27O2P/c1-26-24(25)19-11-12-20-27(21-13-5-2-6-14-21,22-15-7-3-8-16-22)23-17-9-4-10-18-23/h2-10,13-18,27H,11-12,19-20H2,1H3. The number of esters is 1. The van der Waals surface area contributed by atoms with Crippen LogP contribution in [0.1, 0.15) is 19.3 Å². The molecule has 0 aliphatic carbocycles. The van der Waals surface area contributed by atoms with Crippen LogP contribution in [0.5, 0.6) is 0 Å². The van der Waals surface area contributed by atoms with Crippen molar-refractivity contribution in [3.63, 3.8) is 0 Å². The minimum absolute atomic E-state index is 0.124. The molecule has 0 aliphatic rings. The Morgan fingerprint density at radius 3 is 1.48 bits per heavy atom. The van der Waals surface area contributed by atoms with E-state index in [1.807, 2.05) is 0 Å². The molecule has 3 aromatic rings. The number of ether oxygens (including phenoxy) is 1. The van der Waals surface area contributed by atoms with E-state index in [2.05, 4.69) is 91.0 Å². The molecular weight excluding hydrogens is 351 g/mol. The van der Waals surface area contributed by atoms with Crippen LogP contribution in [0, 0.1) is 0 Å². The molecule has 0 fully saturated rings. The number of methoxy groups -OCH3 is 1. The van der Waals surface area contributed by atoms with Crippen LogP contribution in [-0.4, -0.2) is 19.2 Å². The Bertz CT molecular complexity index is 735. The summed E-state index contributed by atoms with van der Waals surface area (Å²) in [5, 5.41) is 4.25. The Hall–Kier alpha value is -2.44. The predicted molar refractivity (Wildman–Crippen MR) is 117 cm³/mol. The number of benzene rings is 3. The summed E-state index contributed by atoms with van der Waals surface area (Å²) in [6.07, 6.45) is 3.41. The first-order chi connectivity index (χ1) is 13.3. The van der Waals surface area contributed by atoms with Gasteiger partial charge in [-0.05, 0) is 0 Å². The summed E-state index contributed by atoms with van der Waals surface area (Å²) >= 11 is 0. The molecule has 27 heavy (non-hydrogen) atoms. The van der Waals surface area contributed by atoms with E-state index in [0.29, 0.717) is 6.42 Å². The summed E-state index contributed by atoms with van der Waals surface area (Å²) in [7, 11) is -0.701. The molecule has 0 amide bonds. The summed E-state index contributed by atoms with van der Waals surface area (Å²) in [5.41, 5.74) is 0. The first-order valence-corrected chi connectivity index (χ1v) is 11.7. The molecule has 0 radical (unpaired) electrons. The van der Waals surface area contributed by atoms with Crippen molar-refractivity contribution < 1.29 is 9.53 Å². The zero-order valence-electron chi connectivity index (χ0n) is 15.8. The van der Waals surface area contributed by atoms with Gasteiger partial charge >= 0.3 is 162 Å². The van der Waals surface area contributed by atoms with Crippen LogP contribution in [0.4, 0.5) is 0 Å². The molecule has 0 N–H and O–H groups in total. The van der Waals surface area contributed by atoms with Gasteiger partial charge in [0.15, 0.2) is 0 Å². The monoisotopic (exact) mass is 378 g/mol. The molecule has 2 nitrogen and oxygen atoms in total. The van der Waals surface area contributed by atoms with Crippen molar-refractivity contribution in [2.24, 2.45) is 0 Å². The van der Waals surface area contributed by atoms with E-state index in [-0.39, 0.29) is 5.97 Å². The van der Waals surface area contributed by atoms with Gasteiger partial charge in [0, 0.05) is 0 Å². The first kappa shape index (κ1) is 19.3. The van der Waals surface area contributed by atoms with Crippen LogP contribution in [-0.2, 0) is 9.53 Å². The SMILES string of the molecule is COC(=O)CCCC[PH](c1ccccc1)(c1ccccc1)c1ccccc1. The summed E-state index contributed by atoms with van der Waals surface area (Å²) in [6.45, 7) is 0. The first-order valence-electron chi connectivity index (χ1n) is 9.51. The van der Waals surface area contributed by atoms with E-state index in [9.17, 15) is 4.79 Å². The second-order valence-corrected chi connectivity index (χ2v) is 10.8. The van der Waals surface area contributed by atoms with E-state index in [1.54, 1.807) is 0 Å². The number of unbranched alkanes of at least 4 members (excludes halogenated alkanes) is 1. The molecule has 3 heteroatoms. The van der Waals surface area contributed by atoms with Gasteiger partial charge in [-0.15, -0.1) is 0 Å². The number of hydrogen-bond donors (Lipinski definition) is 0. The number of carbonyl (C=O) groups is 1. The molecule has 3 aromatic carbocycles. The third kappa shape index (κ3) is 4.46. The topological polar surface area (TPSA) is 26.3 Å². The Balaban J connectivity index is 2.04. The molecule has 0 bridgehead atoms. The Morgan fingerprint density at radius 1 is 0.704 bits per heavy atom. The van der Waals surface area contributed by atoms with Gasteiger partial charge < -0.3 is 0 Å². The van der Waals surface area contributed by atoms with Gasteiger partial charge in [0.05, 0.1) is 0 Å². The zero-order valence-corrected chi connectivity index (χ0v) is 16.8. The van der Waals surface area contributed by atoms with Crippen molar-refractivity contribution >= 4 is 29.1 Å². The van der Waals surface area contributed by atoms with Crippen molar-refractivity contribution in [3.8, 4) is 0 Å². The maximum atomic E-state index is 11.5. The van der Waals surface area contributed by atoms with Gasteiger partial charge in [0.25, 0.3) is 0 Å². The summed E-state index contributed by atoms with van der Waals surface area (Å²) in [5.74, 6) is -0.124. The van der Waals surface area contributed by atoms with Crippen molar-refractivity contribution in [1.29, 1.82) is 0 Å². The predicted octanol–water partition coefficient (Wildman–Crippen LogP) is 4.06. The van der Waals surface area contributed by atoms with Crippen LogP contribution in [0.15, 0.2) is 91.0 Å². The van der Waals surface area contributed by atoms with Gasteiger partial charge in [0.1, 0.15) is 0 Å². The van der Waals surface area contributed by atoms with E-state index in [4.69, 9.17) is 4.74 Å². The van der Waals surface area contributed by atoms with Crippen LogP contribution in [0.3, 0.4) is 0 Å². The van der Waals surface area contributed by atoms with Crippen molar-refractivity contribution in [2.75, 3.05) is 13.3 Å². The quantitative estimate of drug-likeness (QED) is 0.336. The summed E-state index contributed by atoms with van der Waals surface area (Å²) in [6, 6.07) is 32.7. The average molecular weight is 378 g/mol. The molecule has 3 rings (SSSR count). The maximum absolute atomic E-state index is 11.5. The number of hydrogen-bond acceptors (Lipinski definition) is 2. The molecule has 0 atom stereocenters. The van der Waals surface area contributed by atoms with Crippen LogP contribution in [0.2, 0.25) is 0 Å². The summed E-state index contributed by atoms with van der Waals surface area (Å²) in [4.78, 5) is 11.5. The molecule has 0 aromatic heterocycles. The van der Waals surface area contributed by atoms with Crippen LogP contribution < -0.4 is 15.9 Å². The van der Waals surface area contributed by atoms with E-state index < -0.39 is 7.26 Å². The van der Waals surface area contributed by atoms with Crippen molar-refractivity contribution in [3.05, 3.63) is 91.0 Å². The third-order valence-corrected chi connectivity index (χ3v) is 10.3. The van der Waals surface area contributed by atoms with Crippen LogP contribution >= 0.6 is 7.26 Å². The van der Waals surface area contributed by atoms with Crippen LogP contribution in [0.25, 0.3) is 0 Å². The number of carbonyl (C=O) groups excluding carboxylic acids is 1. The van der Waals surface area contributed by atoms with Crippen molar-refractivity contribution in [2.45, 2.75) is 19.3 Å². The fraction of sp³-hybridized carbons (Fsp3) is 0.208. The van der Waals surface area contributed by atoms with Gasteiger partial charge in [-0.25, -0.2) is 0 Å². The molecule has 0 saturated heterocycles. The Kier molecular flexibility index (Phi) is 6.79. The molecule has 0 unspecified atom stereocenters. The van der Waals surface area contributed by atoms with Gasteiger partial charge in [-0.2, -0.15) is 0 Å².